The summed E-state index contributed by atoms with van der Waals surface area (Å²) < 4.78 is 47.6. The van der Waals surface area contributed by atoms with Crippen molar-refractivity contribution in [2.45, 2.75) is 25.9 Å². The Labute approximate surface area is 134 Å². The molecule has 1 N–H and O–H groups in total. The first-order valence-electron chi connectivity index (χ1n) is 7.61. The topological polar surface area (TPSA) is 21.3 Å². The number of hydrogen-bond donors (Lipinski definition) is 1. The summed E-state index contributed by atoms with van der Waals surface area (Å²) >= 11 is 0. The highest BCUT2D eigenvalue weighted by atomic mass is 19.2. The molecule has 0 aliphatic heterocycles. The summed E-state index contributed by atoms with van der Waals surface area (Å²) in [5.74, 6) is -3.51. The van der Waals surface area contributed by atoms with Crippen LogP contribution in [0.2, 0.25) is 0 Å². The largest absolute Gasteiger partial charge is 0.482 e. The van der Waals surface area contributed by atoms with Crippen molar-refractivity contribution < 1.29 is 17.9 Å². The highest BCUT2D eigenvalue weighted by Crippen LogP contribution is 2.31. The summed E-state index contributed by atoms with van der Waals surface area (Å²) in [5.41, 5.74) is 0.559. The average molecular weight is 323 g/mol. The summed E-state index contributed by atoms with van der Waals surface area (Å²) in [6, 6.07) is 10.1. The second-order valence-corrected chi connectivity index (χ2v) is 5.23. The van der Waals surface area contributed by atoms with E-state index in [1.165, 1.54) is 0 Å². The van der Waals surface area contributed by atoms with Crippen LogP contribution in [-0.4, -0.2) is 13.6 Å². The van der Waals surface area contributed by atoms with Crippen LogP contribution in [0.15, 0.2) is 36.4 Å². The Hall–Kier alpha value is -2.01. The molecule has 0 bridgehead atoms. The molecule has 0 spiro atoms. The van der Waals surface area contributed by atoms with Gasteiger partial charge < -0.3 is 10.1 Å². The Morgan fingerprint density at radius 3 is 2.39 bits per heavy atom. The zero-order valence-electron chi connectivity index (χ0n) is 13.2. The van der Waals surface area contributed by atoms with Crippen molar-refractivity contribution in [1.29, 1.82) is 0 Å². The number of hydrogen-bond acceptors (Lipinski definition) is 2. The van der Waals surface area contributed by atoms with Crippen molar-refractivity contribution in [2.24, 2.45) is 0 Å². The van der Waals surface area contributed by atoms with Crippen LogP contribution in [0.5, 0.6) is 5.75 Å². The molecule has 2 aromatic carbocycles. The van der Waals surface area contributed by atoms with Crippen molar-refractivity contribution in [1.82, 2.24) is 5.32 Å². The first kappa shape index (κ1) is 17.3. The number of nitrogens with one attached hydrogen (secondary N) is 1. The molecule has 2 nitrogen and oxygen atoms in total. The molecular formula is C18H20F3NO. The van der Waals surface area contributed by atoms with Crippen LogP contribution in [0.3, 0.4) is 0 Å². The summed E-state index contributed by atoms with van der Waals surface area (Å²) in [4.78, 5) is 0. The van der Waals surface area contributed by atoms with E-state index >= 15 is 0 Å². The van der Waals surface area contributed by atoms with Crippen molar-refractivity contribution in [3.8, 4) is 5.75 Å². The van der Waals surface area contributed by atoms with Gasteiger partial charge in [0, 0.05) is 18.1 Å². The molecule has 0 heterocycles. The molecule has 0 amide bonds. The maximum Gasteiger partial charge on any atom is 0.201 e. The molecule has 0 aromatic heterocycles. The average Bonchev–Trinajstić information content (AvgIpc) is 2.57. The van der Waals surface area contributed by atoms with E-state index in [1.54, 1.807) is 14.0 Å². The Balaban J connectivity index is 2.33. The summed E-state index contributed by atoms with van der Waals surface area (Å²) in [7, 11) is 1.79. The van der Waals surface area contributed by atoms with Crippen LogP contribution in [0, 0.1) is 17.5 Å². The monoisotopic (exact) mass is 323 g/mol. The third kappa shape index (κ3) is 4.05. The lowest BCUT2D eigenvalue weighted by Gasteiger charge is -2.20. The van der Waals surface area contributed by atoms with Crippen molar-refractivity contribution in [2.75, 3.05) is 13.6 Å². The Bertz CT molecular complexity index is 646. The second kappa shape index (κ2) is 8.02. The number of halogens is 3. The van der Waals surface area contributed by atoms with Crippen LogP contribution in [-0.2, 0) is 6.42 Å². The highest BCUT2D eigenvalue weighted by molar-refractivity contribution is 5.33. The van der Waals surface area contributed by atoms with Gasteiger partial charge in [0.05, 0.1) is 0 Å². The van der Waals surface area contributed by atoms with Crippen LogP contribution < -0.4 is 10.1 Å². The first-order chi connectivity index (χ1) is 11.1. The van der Waals surface area contributed by atoms with Crippen LogP contribution >= 0.6 is 0 Å². The molecule has 5 heteroatoms. The molecule has 124 valence electrons. The van der Waals surface area contributed by atoms with Crippen LogP contribution in [0.1, 0.15) is 30.6 Å². The van der Waals surface area contributed by atoms with Gasteiger partial charge in [0.25, 0.3) is 0 Å². The standard InChI is InChI=1S/C18H20F3NO/c1-3-13-14(19)11-16(18(21)17(13)20)23-15(9-10-22-2)12-7-5-4-6-8-12/h4-8,11,15,22H,3,9-10H2,1-2H3. The Kier molecular flexibility index (Phi) is 6.04. The number of rotatable bonds is 7. The lowest BCUT2D eigenvalue weighted by Crippen LogP contribution is -2.17. The lowest BCUT2D eigenvalue weighted by molar-refractivity contribution is 0.183. The van der Waals surface area contributed by atoms with Gasteiger partial charge in [-0.05, 0) is 25.6 Å². The van der Waals surface area contributed by atoms with Gasteiger partial charge in [0.2, 0.25) is 5.82 Å². The van der Waals surface area contributed by atoms with Gasteiger partial charge in [-0.3, -0.25) is 0 Å². The minimum atomic E-state index is -1.18. The number of benzene rings is 2. The maximum atomic E-state index is 14.1. The van der Waals surface area contributed by atoms with Crippen molar-refractivity contribution >= 4 is 0 Å². The van der Waals surface area contributed by atoms with Crippen LogP contribution in [0.25, 0.3) is 0 Å². The van der Waals surface area contributed by atoms with Gasteiger partial charge in [-0.1, -0.05) is 37.3 Å². The van der Waals surface area contributed by atoms with Crippen LogP contribution in [0.4, 0.5) is 13.2 Å². The van der Waals surface area contributed by atoms with E-state index in [0.29, 0.717) is 13.0 Å². The Morgan fingerprint density at radius 1 is 1.09 bits per heavy atom. The predicted molar refractivity (Wildman–Crippen MR) is 84.0 cm³/mol. The van der Waals surface area contributed by atoms with Gasteiger partial charge in [-0.15, -0.1) is 0 Å². The number of ether oxygens (including phenoxy) is 1. The zero-order chi connectivity index (χ0) is 16.8. The minimum absolute atomic E-state index is 0.0801. The van der Waals surface area contributed by atoms with E-state index in [-0.39, 0.29) is 12.0 Å². The van der Waals surface area contributed by atoms with Gasteiger partial charge >= 0.3 is 0 Å². The maximum absolute atomic E-state index is 14.1. The molecule has 2 aromatic rings. The highest BCUT2D eigenvalue weighted by Gasteiger charge is 2.22. The fourth-order valence-corrected chi connectivity index (χ4v) is 2.41. The summed E-state index contributed by atoms with van der Waals surface area (Å²) in [6.07, 6.45) is 0.125. The molecule has 0 fully saturated rings. The molecule has 0 aliphatic rings. The van der Waals surface area contributed by atoms with Gasteiger partial charge in [-0.2, -0.15) is 4.39 Å². The molecule has 2 rings (SSSR count). The van der Waals surface area contributed by atoms with Crippen molar-refractivity contribution in [3.63, 3.8) is 0 Å². The van der Waals surface area contributed by atoms with Gasteiger partial charge in [0.1, 0.15) is 11.9 Å². The molecule has 1 unspecified atom stereocenters. The molecule has 0 radical (unpaired) electrons. The van der Waals surface area contributed by atoms with E-state index < -0.39 is 29.3 Å². The fourth-order valence-electron chi connectivity index (χ4n) is 2.41. The minimum Gasteiger partial charge on any atom is -0.482 e. The zero-order valence-corrected chi connectivity index (χ0v) is 13.2. The quantitative estimate of drug-likeness (QED) is 0.763. The Morgan fingerprint density at radius 2 is 1.78 bits per heavy atom. The van der Waals surface area contributed by atoms with Gasteiger partial charge in [0.15, 0.2) is 11.6 Å². The normalized spacial score (nSPS) is 12.2. The lowest BCUT2D eigenvalue weighted by atomic mass is 10.1. The fraction of sp³-hybridized carbons (Fsp3) is 0.333. The third-order valence-corrected chi connectivity index (χ3v) is 3.67. The first-order valence-corrected chi connectivity index (χ1v) is 7.61. The molecule has 0 saturated heterocycles. The molecule has 23 heavy (non-hydrogen) atoms. The molecular weight excluding hydrogens is 303 g/mol. The third-order valence-electron chi connectivity index (χ3n) is 3.67. The van der Waals surface area contributed by atoms with Crippen molar-refractivity contribution in [3.05, 3.63) is 65.0 Å². The van der Waals surface area contributed by atoms with E-state index in [4.69, 9.17) is 4.74 Å². The molecule has 0 aliphatic carbocycles. The summed E-state index contributed by atoms with van der Waals surface area (Å²) in [5, 5.41) is 2.99. The SMILES string of the molecule is CCc1c(F)cc(OC(CCNC)c2ccccc2)c(F)c1F. The predicted octanol–water partition coefficient (Wildman–Crippen LogP) is 4.40. The van der Waals surface area contributed by atoms with E-state index in [0.717, 1.165) is 11.6 Å². The smallest absolute Gasteiger partial charge is 0.201 e. The van der Waals surface area contributed by atoms with E-state index in [1.807, 2.05) is 30.3 Å². The van der Waals surface area contributed by atoms with E-state index in [2.05, 4.69) is 5.32 Å². The van der Waals surface area contributed by atoms with E-state index in [9.17, 15) is 13.2 Å². The molecule has 1 atom stereocenters. The molecule has 0 saturated carbocycles. The summed E-state index contributed by atoms with van der Waals surface area (Å²) in [6.45, 7) is 2.19. The van der Waals surface area contributed by atoms with Gasteiger partial charge in [-0.25, -0.2) is 8.78 Å². The second-order valence-electron chi connectivity index (χ2n) is 5.23.